The summed E-state index contributed by atoms with van der Waals surface area (Å²) in [7, 11) is 1.32. The van der Waals surface area contributed by atoms with Crippen LogP contribution in [-0.4, -0.2) is 25.0 Å². The zero-order valence-corrected chi connectivity index (χ0v) is 14.8. The lowest BCUT2D eigenvalue weighted by molar-refractivity contribution is -0.144. The molecule has 5 heteroatoms. The molecule has 2 aromatic rings. The molecule has 2 rings (SSSR count). The van der Waals surface area contributed by atoms with E-state index in [2.05, 4.69) is 5.32 Å². The van der Waals surface area contributed by atoms with Gasteiger partial charge in [0.2, 0.25) is 0 Å². The van der Waals surface area contributed by atoms with Gasteiger partial charge in [-0.1, -0.05) is 50.6 Å². The third kappa shape index (κ3) is 4.38. The van der Waals surface area contributed by atoms with Gasteiger partial charge in [-0.05, 0) is 35.2 Å². The number of ether oxygens (including phenoxy) is 1. The predicted octanol–water partition coefficient (Wildman–Crippen LogP) is 3.25. The number of amides is 1. The lowest BCUT2D eigenvalue weighted by Gasteiger charge is -2.22. The Bertz CT molecular complexity index is 744. The summed E-state index contributed by atoms with van der Waals surface area (Å²) in [5.41, 5.74) is 8.56. The fourth-order valence-electron chi connectivity index (χ4n) is 2.63. The molecule has 132 valence electrons. The van der Waals surface area contributed by atoms with Gasteiger partial charge in [-0.15, -0.1) is 0 Å². The Morgan fingerprint density at radius 2 is 1.84 bits per heavy atom. The van der Waals surface area contributed by atoms with Crippen molar-refractivity contribution in [1.82, 2.24) is 5.32 Å². The van der Waals surface area contributed by atoms with Gasteiger partial charge in [0.05, 0.1) is 7.11 Å². The van der Waals surface area contributed by atoms with Crippen molar-refractivity contribution in [3.05, 3.63) is 54.1 Å². The largest absolute Gasteiger partial charge is 0.467 e. The molecule has 1 unspecified atom stereocenters. The molecule has 3 N–H and O–H groups in total. The van der Waals surface area contributed by atoms with Crippen LogP contribution in [0.5, 0.6) is 0 Å². The van der Waals surface area contributed by atoms with Crippen LogP contribution in [0, 0.1) is 5.92 Å². The molecule has 2 atom stereocenters. The number of carbonyl (C=O) groups is 2. The Kier molecular flexibility index (Phi) is 6.17. The molecule has 0 aliphatic carbocycles. The highest BCUT2D eigenvalue weighted by Crippen LogP contribution is 2.26. The van der Waals surface area contributed by atoms with Crippen molar-refractivity contribution < 1.29 is 14.3 Å². The number of nitrogen functional groups attached to an aromatic ring is 1. The molecule has 0 saturated carbocycles. The van der Waals surface area contributed by atoms with Crippen LogP contribution in [0.15, 0.2) is 48.5 Å². The molecule has 0 heterocycles. The first-order valence-corrected chi connectivity index (χ1v) is 8.31. The van der Waals surface area contributed by atoms with Crippen LogP contribution in [0.25, 0.3) is 11.1 Å². The Labute approximate surface area is 148 Å². The number of hydrogen-bond donors (Lipinski definition) is 2. The lowest BCUT2D eigenvalue weighted by Crippen LogP contribution is -2.45. The molecule has 5 nitrogen and oxygen atoms in total. The van der Waals surface area contributed by atoms with E-state index in [-0.39, 0.29) is 11.8 Å². The van der Waals surface area contributed by atoms with Gasteiger partial charge in [0.15, 0.2) is 0 Å². The van der Waals surface area contributed by atoms with E-state index in [4.69, 9.17) is 10.5 Å². The summed E-state index contributed by atoms with van der Waals surface area (Å²) in [5, 5.41) is 2.81. The van der Waals surface area contributed by atoms with Crippen molar-refractivity contribution in [2.24, 2.45) is 5.92 Å². The Balaban J connectivity index is 2.37. The highest BCUT2D eigenvalue weighted by molar-refractivity contribution is 6.03. The van der Waals surface area contributed by atoms with Crippen LogP contribution in [0.1, 0.15) is 30.6 Å². The Hall–Kier alpha value is -2.82. The molecule has 0 aliphatic rings. The maximum Gasteiger partial charge on any atom is 0.328 e. The number of esters is 1. The summed E-state index contributed by atoms with van der Waals surface area (Å²) in [6, 6.07) is 14.0. The Morgan fingerprint density at radius 3 is 2.44 bits per heavy atom. The summed E-state index contributed by atoms with van der Waals surface area (Å²) in [5.74, 6) is -0.806. The third-order valence-electron chi connectivity index (χ3n) is 4.33. The second-order valence-corrected chi connectivity index (χ2v) is 6.03. The minimum absolute atomic E-state index is 0.0367. The fraction of sp³-hybridized carbons (Fsp3) is 0.300. The average Bonchev–Trinajstić information content (AvgIpc) is 2.65. The van der Waals surface area contributed by atoms with Crippen molar-refractivity contribution in [2.45, 2.75) is 26.3 Å². The predicted molar refractivity (Wildman–Crippen MR) is 99.0 cm³/mol. The molecule has 2 aromatic carbocycles. The molecule has 0 spiro atoms. The zero-order valence-electron chi connectivity index (χ0n) is 14.8. The molecule has 0 radical (unpaired) electrons. The summed E-state index contributed by atoms with van der Waals surface area (Å²) in [4.78, 5) is 24.9. The van der Waals surface area contributed by atoms with E-state index in [9.17, 15) is 9.59 Å². The van der Waals surface area contributed by atoms with Crippen molar-refractivity contribution in [3.63, 3.8) is 0 Å². The van der Waals surface area contributed by atoms with Gasteiger partial charge >= 0.3 is 5.97 Å². The van der Waals surface area contributed by atoms with Crippen LogP contribution in [-0.2, 0) is 9.53 Å². The van der Waals surface area contributed by atoms with E-state index >= 15 is 0 Å². The Morgan fingerprint density at radius 1 is 1.16 bits per heavy atom. The maximum atomic E-state index is 12.8. The van der Waals surface area contributed by atoms with Gasteiger partial charge in [-0.2, -0.15) is 0 Å². The molecule has 25 heavy (non-hydrogen) atoms. The number of methoxy groups -OCH3 is 1. The normalized spacial score (nSPS) is 12.9. The topological polar surface area (TPSA) is 81.4 Å². The standard InChI is InChI=1S/C20H24N2O3/c1-4-13(2)18(20(24)25-3)22-19(23)16-11-10-15(21)12-17(16)14-8-6-5-7-9-14/h5-13,18H,4,21H2,1-3H3,(H,22,23)/t13?,18-/m1/s1. The highest BCUT2D eigenvalue weighted by atomic mass is 16.5. The van der Waals surface area contributed by atoms with Gasteiger partial charge in [0, 0.05) is 11.3 Å². The number of carbonyl (C=O) groups excluding carboxylic acids is 2. The quantitative estimate of drug-likeness (QED) is 0.625. The summed E-state index contributed by atoms with van der Waals surface area (Å²) in [6.45, 7) is 3.87. The average molecular weight is 340 g/mol. The molecular weight excluding hydrogens is 316 g/mol. The number of nitrogens with one attached hydrogen (secondary N) is 1. The summed E-state index contributed by atoms with van der Waals surface area (Å²) >= 11 is 0. The van der Waals surface area contributed by atoms with E-state index in [1.54, 1.807) is 18.2 Å². The molecule has 0 saturated heterocycles. The van der Waals surface area contributed by atoms with Crippen LogP contribution in [0.2, 0.25) is 0 Å². The van der Waals surface area contributed by atoms with Crippen LogP contribution >= 0.6 is 0 Å². The summed E-state index contributed by atoms with van der Waals surface area (Å²) in [6.07, 6.45) is 0.743. The first-order chi connectivity index (χ1) is 12.0. The molecule has 0 bridgehead atoms. The second kappa shape index (κ2) is 8.33. The van der Waals surface area contributed by atoms with Crippen LogP contribution < -0.4 is 11.1 Å². The van der Waals surface area contributed by atoms with Gasteiger partial charge in [0.25, 0.3) is 5.91 Å². The number of hydrogen-bond acceptors (Lipinski definition) is 4. The monoisotopic (exact) mass is 340 g/mol. The van der Waals surface area contributed by atoms with Gasteiger partial charge in [-0.25, -0.2) is 4.79 Å². The minimum atomic E-state index is -0.691. The van der Waals surface area contributed by atoms with E-state index in [0.717, 1.165) is 17.5 Å². The number of rotatable bonds is 6. The molecular formula is C20H24N2O3. The molecule has 0 aliphatic heterocycles. The number of nitrogens with two attached hydrogens (primary N) is 1. The van der Waals surface area contributed by atoms with Gasteiger partial charge in [-0.3, -0.25) is 4.79 Å². The number of anilines is 1. The van der Waals surface area contributed by atoms with Crippen molar-refractivity contribution in [3.8, 4) is 11.1 Å². The van der Waals surface area contributed by atoms with Crippen LogP contribution in [0.4, 0.5) is 5.69 Å². The second-order valence-electron chi connectivity index (χ2n) is 6.03. The summed E-state index contributed by atoms with van der Waals surface area (Å²) < 4.78 is 4.83. The van der Waals surface area contributed by atoms with E-state index in [1.807, 2.05) is 44.2 Å². The van der Waals surface area contributed by atoms with E-state index in [1.165, 1.54) is 7.11 Å². The molecule has 0 fully saturated rings. The zero-order chi connectivity index (χ0) is 18.4. The number of benzene rings is 2. The van der Waals surface area contributed by atoms with Gasteiger partial charge in [0.1, 0.15) is 6.04 Å². The highest BCUT2D eigenvalue weighted by Gasteiger charge is 2.27. The van der Waals surface area contributed by atoms with Crippen molar-refractivity contribution in [1.29, 1.82) is 0 Å². The molecule has 1 amide bonds. The van der Waals surface area contributed by atoms with Crippen molar-refractivity contribution >= 4 is 17.6 Å². The molecule has 0 aromatic heterocycles. The fourth-order valence-corrected chi connectivity index (χ4v) is 2.63. The van der Waals surface area contributed by atoms with Crippen LogP contribution in [0.3, 0.4) is 0 Å². The SMILES string of the molecule is CCC(C)[C@@H](NC(=O)c1ccc(N)cc1-c1ccccc1)C(=O)OC. The van der Waals surface area contributed by atoms with E-state index in [0.29, 0.717) is 11.3 Å². The first kappa shape index (κ1) is 18.5. The minimum Gasteiger partial charge on any atom is -0.467 e. The first-order valence-electron chi connectivity index (χ1n) is 8.31. The van der Waals surface area contributed by atoms with Gasteiger partial charge < -0.3 is 15.8 Å². The lowest BCUT2D eigenvalue weighted by atomic mass is 9.96. The smallest absolute Gasteiger partial charge is 0.328 e. The van der Waals surface area contributed by atoms with E-state index < -0.39 is 12.0 Å². The van der Waals surface area contributed by atoms with Crippen molar-refractivity contribution in [2.75, 3.05) is 12.8 Å². The maximum absolute atomic E-state index is 12.8. The third-order valence-corrected chi connectivity index (χ3v) is 4.33.